The molecule has 0 saturated heterocycles. The van der Waals surface area contributed by atoms with Gasteiger partial charge in [0.05, 0.1) is 10.7 Å². The lowest BCUT2D eigenvalue weighted by molar-refractivity contribution is 0.102. The highest BCUT2D eigenvalue weighted by Gasteiger charge is 2.11. The van der Waals surface area contributed by atoms with Crippen LogP contribution < -0.4 is 11.1 Å². The van der Waals surface area contributed by atoms with E-state index >= 15 is 0 Å². The Morgan fingerprint density at radius 1 is 1.40 bits per heavy atom. The minimum absolute atomic E-state index is 0.213. The van der Waals surface area contributed by atoms with Gasteiger partial charge in [-0.2, -0.15) is 0 Å². The van der Waals surface area contributed by atoms with Crippen molar-refractivity contribution in [3.05, 3.63) is 52.4 Å². The summed E-state index contributed by atoms with van der Waals surface area (Å²) in [6.07, 6.45) is 0.659. The van der Waals surface area contributed by atoms with E-state index in [0.717, 1.165) is 6.07 Å². The number of hydrogen-bond acceptors (Lipinski definition) is 3. The van der Waals surface area contributed by atoms with E-state index < -0.39 is 11.7 Å². The number of aromatic nitrogens is 1. The lowest BCUT2D eigenvalue weighted by Crippen LogP contribution is -2.14. The van der Waals surface area contributed by atoms with Gasteiger partial charge in [0, 0.05) is 11.3 Å². The molecule has 0 bridgehead atoms. The molecule has 0 fully saturated rings. The smallest absolute Gasteiger partial charge is 0.255 e. The average Bonchev–Trinajstić information content (AvgIpc) is 2.42. The largest absolute Gasteiger partial charge is 0.384 e. The molecule has 0 radical (unpaired) electrons. The van der Waals surface area contributed by atoms with E-state index in [1.165, 1.54) is 18.2 Å². The highest BCUT2D eigenvalue weighted by Crippen LogP contribution is 2.23. The third kappa shape index (κ3) is 3.24. The number of nitrogen functional groups attached to an aromatic ring is 1. The number of carbonyl (C=O) groups excluding carboxylic acids is 1. The molecule has 2 rings (SSSR count). The van der Waals surface area contributed by atoms with E-state index in [-0.39, 0.29) is 16.5 Å². The molecule has 4 nitrogen and oxygen atoms in total. The Morgan fingerprint density at radius 2 is 2.15 bits per heavy atom. The lowest BCUT2D eigenvalue weighted by atomic mass is 10.1. The first-order chi connectivity index (χ1) is 9.49. The number of nitrogens with two attached hydrogens (primary N) is 1. The monoisotopic (exact) mass is 293 g/mol. The van der Waals surface area contributed by atoms with Gasteiger partial charge in [-0.15, -0.1) is 0 Å². The molecule has 0 aliphatic heterocycles. The maximum atomic E-state index is 13.1. The molecular weight excluding hydrogens is 281 g/mol. The summed E-state index contributed by atoms with van der Waals surface area (Å²) in [5.74, 6) is -0.630. The fraction of sp³-hybridized carbons (Fsp3) is 0.143. The first-order valence-electron chi connectivity index (χ1n) is 6.02. The molecule has 0 aliphatic rings. The molecule has 2 aromatic rings. The minimum atomic E-state index is -0.479. The van der Waals surface area contributed by atoms with Gasteiger partial charge in [-0.1, -0.05) is 18.5 Å². The van der Waals surface area contributed by atoms with E-state index in [4.69, 9.17) is 17.3 Å². The zero-order valence-corrected chi connectivity index (χ0v) is 11.5. The second-order valence-corrected chi connectivity index (χ2v) is 4.61. The number of halogens is 2. The van der Waals surface area contributed by atoms with Crippen molar-refractivity contribution in [3.8, 4) is 0 Å². The molecule has 0 atom stereocenters. The summed E-state index contributed by atoms with van der Waals surface area (Å²) >= 11 is 5.90. The Morgan fingerprint density at radius 3 is 2.85 bits per heavy atom. The number of anilines is 2. The van der Waals surface area contributed by atoms with Crippen LogP contribution in [-0.4, -0.2) is 10.9 Å². The second-order valence-electron chi connectivity index (χ2n) is 4.20. The van der Waals surface area contributed by atoms with E-state index in [1.807, 2.05) is 6.92 Å². The number of rotatable bonds is 3. The van der Waals surface area contributed by atoms with Crippen LogP contribution >= 0.6 is 11.6 Å². The third-order valence-electron chi connectivity index (χ3n) is 2.70. The van der Waals surface area contributed by atoms with Crippen LogP contribution in [0.3, 0.4) is 0 Å². The molecule has 1 aromatic carbocycles. The Bertz CT molecular complexity index is 661. The first-order valence-corrected chi connectivity index (χ1v) is 6.40. The van der Waals surface area contributed by atoms with Crippen LogP contribution in [0.1, 0.15) is 23.0 Å². The molecule has 1 heterocycles. The van der Waals surface area contributed by atoms with E-state index in [0.29, 0.717) is 17.7 Å². The second kappa shape index (κ2) is 5.88. The lowest BCUT2D eigenvalue weighted by Gasteiger charge is -2.09. The zero-order valence-electron chi connectivity index (χ0n) is 10.8. The van der Waals surface area contributed by atoms with Gasteiger partial charge in [0.1, 0.15) is 11.6 Å². The third-order valence-corrected chi connectivity index (χ3v) is 3.03. The fourth-order valence-electron chi connectivity index (χ4n) is 1.71. The van der Waals surface area contributed by atoms with Gasteiger partial charge in [-0.05, 0) is 36.8 Å². The Kier molecular flexibility index (Phi) is 4.20. The van der Waals surface area contributed by atoms with Crippen LogP contribution in [0, 0.1) is 5.82 Å². The summed E-state index contributed by atoms with van der Waals surface area (Å²) < 4.78 is 13.1. The zero-order chi connectivity index (χ0) is 14.7. The first kappa shape index (κ1) is 14.3. The minimum Gasteiger partial charge on any atom is -0.384 e. The van der Waals surface area contributed by atoms with Crippen molar-refractivity contribution in [1.82, 2.24) is 4.98 Å². The van der Waals surface area contributed by atoms with Crippen molar-refractivity contribution in [1.29, 1.82) is 0 Å². The molecule has 104 valence electrons. The van der Waals surface area contributed by atoms with Crippen molar-refractivity contribution >= 4 is 29.0 Å². The van der Waals surface area contributed by atoms with Gasteiger partial charge in [-0.25, -0.2) is 9.37 Å². The molecule has 6 heteroatoms. The van der Waals surface area contributed by atoms with Gasteiger partial charge in [-0.3, -0.25) is 4.79 Å². The van der Waals surface area contributed by atoms with Crippen LogP contribution in [-0.2, 0) is 6.42 Å². The van der Waals surface area contributed by atoms with Crippen molar-refractivity contribution in [2.45, 2.75) is 13.3 Å². The van der Waals surface area contributed by atoms with E-state index in [9.17, 15) is 9.18 Å². The maximum absolute atomic E-state index is 13.1. The van der Waals surface area contributed by atoms with Gasteiger partial charge in [0.2, 0.25) is 0 Å². The van der Waals surface area contributed by atoms with Crippen molar-refractivity contribution < 1.29 is 9.18 Å². The molecule has 20 heavy (non-hydrogen) atoms. The predicted molar refractivity (Wildman–Crippen MR) is 77.4 cm³/mol. The summed E-state index contributed by atoms with van der Waals surface area (Å²) in [5, 5.41) is 2.81. The number of carbonyl (C=O) groups is 1. The van der Waals surface area contributed by atoms with Crippen molar-refractivity contribution in [2.75, 3.05) is 11.1 Å². The molecule has 0 spiro atoms. The number of hydrogen-bond donors (Lipinski definition) is 2. The topological polar surface area (TPSA) is 68.0 Å². The molecule has 3 N–H and O–H groups in total. The summed E-state index contributed by atoms with van der Waals surface area (Å²) in [5.41, 5.74) is 6.92. The number of benzene rings is 1. The fourth-order valence-corrected chi connectivity index (χ4v) is 1.88. The number of nitrogens with one attached hydrogen (secondary N) is 1. The predicted octanol–water partition coefficient (Wildman–Crippen LogP) is 3.27. The Balaban J connectivity index is 2.28. The quantitative estimate of drug-likeness (QED) is 0.912. The summed E-state index contributed by atoms with van der Waals surface area (Å²) in [6.45, 7) is 1.91. The molecule has 0 unspecified atom stereocenters. The van der Waals surface area contributed by atoms with Crippen LogP contribution in [0.15, 0.2) is 30.3 Å². The maximum Gasteiger partial charge on any atom is 0.255 e. The normalized spacial score (nSPS) is 10.3. The van der Waals surface area contributed by atoms with Crippen molar-refractivity contribution in [2.24, 2.45) is 0 Å². The van der Waals surface area contributed by atoms with Gasteiger partial charge < -0.3 is 11.1 Å². The molecule has 1 aromatic heterocycles. The molecule has 1 amide bonds. The Hall–Kier alpha value is -2.14. The highest BCUT2D eigenvalue weighted by atomic mass is 35.5. The molecule has 0 aliphatic carbocycles. The van der Waals surface area contributed by atoms with Crippen LogP contribution in [0.4, 0.5) is 15.9 Å². The summed E-state index contributed by atoms with van der Waals surface area (Å²) in [4.78, 5) is 16.2. The summed E-state index contributed by atoms with van der Waals surface area (Å²) in [6, 6.07) is 6.86. The van der Waals surface area contributed by atoms with Crippen LogP contribution in [0.25, 0.3) is 0 Å². The summed E-state index contributed by atoms with van der Waals surface area (Å²) in [7, 11) is 0. The number of nitrogens with zero attached hydrogens (tertiary/aromatic N) is 1. The standard InChI is InChI=1S/C14H13ClFN3O/c1-2-10-5-8(6-13(17)18-10)14(20)19-12-7-9(16)3-4-11(12)15/h3-7H,2H2,1H3,(H2,17,18)(H,19,20). The molecule has 0 saturated carbocycles. The van der Waals surface area contributed by atoms with Gasteiger partial charge in [0.15, 0.2) is 0 Å². The van der Waals surface area contributed by atoms with Crippen molar-refractivity contribution in [3.63, 3.8) is 0 Å². The van der Waals surface area contributed by atoms with E-state index in [2.05, 4.69) is 10.3 Å². The SMILES string of the molecule is CCc1cc(C(=O)Nc2cc(F)ccc2Cl)cc(N)n1. The number of pyridine rings is 1. The number of aryl methyl sites for hydroxylation is 1. The van der Waals surface area contributed by atoms with Crippen LogP contribution in [0.2, 0.25) is 5.02 Å². The highest BCUT2D eigenvalue weighted by molar-refractivity contribution is 6.33. The Labute approximate surface area is 120 Å². The van der Waals surface area contributed by atoms with E-state index in [1.54, 1.807) is 6.07 Å². The molecular formula is C14H13ClFN3O. The van der Waals surface area contributed by atoms with Gasteiger partial charge in [0.25, 0.3) is 5.91 Å². The van der Waals surface area contributed by atoms with Crippen LogP contribution in [0.5, 0.6) is 0 Å². The number of amides is 1. The van der Waals surface area contributed by atoms with Gasteiger partial charge >= 0.3 is 0 Å². The average molecular weight is 294 g/mol.